The number of carbonyl (C=O) groups is 2. The van der Waals surface area contributed by atoms with Gasteiger partial charge < -0.3 is 24.4 Å². The Balaban J connectivity index is 1.52. The molecule has 0 heterocycles. The zero-order valence-corrected chi connectivity index (χ0v) is 12.3. The maximum atomic E-state index is 11.9. The van der Waals surface area contributed by atoms with Gasteiger partial charge in [0, 0.05) is 11.8 Å². The highest BCUT2D eigenvalue weighted by molar-refractivity contribution is 5.61. The first-order chi connectivity index (χ1) is 10.5. The Bertz CT molecular complexity index is 430. The lowest BCUT2D eigenvalue weighted by Crippen LogP contribution is -2.40. The van der Waals surface area contributed by atoms with Gasteiger partial charge in [0.2, 0.25) is 0 Å². The van der Waals surface area contributed by atoms with Crippen LogP contribution >= 0.6 is 0 Å². The van der Waals surface area contributed by atoms with E-state index in [0.29, 0.717) is 25.7 Å². The van der Waals surface area contributed by atoms with Crippen LogP contribution in [0, 0.1) is 11.8 Å². The van der Waals surface area contributed by atoms with Crippen LogP contribution in [0.3, 0.4) is 0 Å². The van der Waals surface area contributed by atoms with Gasteiger partial charge in [-0.25, -0.2) is 9.59 Å². The van der Waals surface area contributed by atoms with Crippen LogP contribution in [-0.4, -0.2) is 46.9 Å². The molecule has 0 amide bonds. The molecule has 3 fully saturated rings. The van der Waals surface area contributed by atoms with Crippen molar-refractivity contribution in [1.82, 2.24) is 0 Å². The summed E-state index contributed by atoms with van der Waals surface area (Å²) in [6, 6.07) is 0. The van der Waals surface area contributed by atoms with Gasteiger partial charge in [0.05, 0.1) is 6.10 Å². The van der Waals surface area contributed by atoms with Crippen LogP contribution in [0.4, 0.5) is 9.59 Å². The second-order valence-corrected chi connectivity index (χ2v) is 6.56. The average molecular weight is 314 g/mol. The maximum absolute atomic E-state index is 11.9. The van der Waals surface area contributed by atoms with E-state index >= 15 is 0 Å². The van der Waals surface area contributed by atoms with E-state index in [1.54, 1.807) is 0 Å². The van der Waals surface area contributed by atoms with Crippen molar-refractivity contribution in [2.75, 3.05) is 0 Å². The zero-order chi connectivity index (χ0) is 15.7. The van der Waals surface area contributed by atoms with Gasteiger partial charge in [-0.05, 0) is 44.9 Å². The van der Waals surface area contributed by atoms with Crippen molar-refractivity contribution < 1.29 is 34.0 Å². The Morgan fingerprint density at radius 2 is 1.41 bits per heavy atom. The monoisotopic (exact) mass is 314 g/mol. The first-order valence-electron chi connectivity index (χ1n) is 7.98. The number of fused-ring (bicyclic) bond motifs is 2. The van der Waals surface area contributed by atoms with E-state index in [1.807, 2.05) is 0 Å². The van der Waals surface area contributed by atoms with E-state index in [4.69, 9.17) is 19.3 Å². The van der Waals surface area contributed by atoms with Gasteiger partial charge in [-0.3, -0.25) is 0 Å². The number of rotatable bonds is 3. The molecule has 0 spiro atoms. The molecule has 7 nitrogen and oxygen atoms in total. The number of aliphatic hydroxyl groups excluding tert-OH is 1. The fourth-order valence-corrected chi connectivity index (χ4v) is 4.07. The zero-order valence-electron chi connectivity index (χ0n) is 12.3. The molecule has 124 valence electrons. The van der Waals surface area contributed by atoms with E-state index < -0.39 is 24.5 Å². The summed E-state index contributed by atoms with van der Waals surface area (Å²) in [6.07, 6.45) is 1.45. The van der Waals surface area contributed by atoms with Crippen LogP contribution in [-0.2, 0) is 14.2 Å². The SMILES string of the molecule is O=C(O)OC1C2CCC(C2)C1OC(=O)OC1CCC(O)CC1. The van der Waals surface area contributed by atoms with Crippen LogP contribution in [0.15, 0.2) is 0 Å². The average Bonchev–Trinajstić information content (AvgIpc) is 3.04. The Kier molecular flexibility index (Phi) is 4.42. The third-order valence-electron chi connectivity index (χ3n) is 5.14. The summed E-state index contributed by atoms with van der Waals surface area (Å²) in [5, 5.41) is 18.3. The van der Waals surface area contributed by atoms with Crippen LogP contribution in [0.5, 0.6) is 0 Å². The lowest BCUT2D eigenvalue weighted by molar-refractivity contribution is -0.0814. The predicted molar refractivity (Wildman–Crippen MR) is 73.3 cm³/mol. The Labute approximate surface area is 128 Å². The Morgan fingerprint density at radius 1 is 0.818 bits per heavy atom. The largest absolute Gasteiger partial charge is 0.508 e. The van der Waals surface area contributed by atoms with E-state index in [0.717, 1.165) is 19.3 Å². The fourth-order valence-electron chi connectivity index (χ4n) is 4.07. The normalized spacial score (nSPS) is 40.2. The number of hydrogen-bond donors (Lipinski definition) is 2. The molecule has 4 unspecified atom stereocenters. The summed E-state index contributed by atoms with van der Waals surface area (Å²) in [5.41, 5.74) is 0. The first kappa shape index (κ1) is 15.4. The summed E-state index contributed by atoms with van der Waals surface area (Å²) in [4.78, 5) is 22.7. The Morgan fingerprint density at radius 3 is 2.00 bits per heavy atom. The molecule has 0 radical (unpaired) electrons. The molecule has 7 heteroatoms. The quantitative estimate of drug-likeness (QED) is 0.770. The van der Waals surface area contributed by atoms with Gasteiger partial charge in [0.25, 0.3) is 0 Å². The summed E-state index contributed by atoms with van der Waals surface area (Å²) < 4.78 is 15.6. The van der Waals surface area contributed by atoms with Crippen molar-refractivity contribution in [1.29, 1.82) is 0 Å². The predicted octanol–water partition coefficient (Wildman–Crippen LogP) is 2.30. The molecule has 3 rings (SSSR count). The minimum absolute atomic E-state index is 0.142. The van der Waals surface area contributed by atoms with Crippen LogP contribution in [0.25, 0.3) is 0 Å². The fraction of sp³-hybridized carbons (Fsp3) is 0.867. The van der Waals surface area contributed by atoms with Gasteiger partial charge in [0.15, 0.2) is 0 Å². The molecule has 22 heavy (non-hydrogen) atoms. The molecule has 0 aliphatic heterocycles. The molecule has 3 aliphatic rings. The standard InChI is InChI=1S/C15H22O7/c16-10-3-5-11(6-4-10)20-15(19)22-13-9-2-1-8(7-9)12(13)21-14(17)18/h8-13,16H,1-7H2,(H,17,18). The maximum Gasteiger partial charge on any atom is 0.508 e. The molecule has 0 aromatic heterocycles. The lowest BCUT2D eigenvalue weighted by Gasteiger charge is -2.30. The highest BCUT2D eigenvalue weighted by Crippen LogP contribution is 2.47. The second-order valence-electron chi connectivity index (χ2n) is 6.56. The third kappa shape index (κ3) is 3.29. The van der Waals surface area contributed by atoms with Crippen molar-refractivity contribution in [3.8, 4) is 0 Å². The van der Waals surface area contributed by atoms with Crippen LogP contribution < -0.4 is 0 Å². The molecule has 0 aromatic rings. The van der Waals surface area contributed by atoms with Gasteiger partial charge in [-0.2, -0.15) is 0 Å². The van der Waals surface area contributed by atoms with E-state index in [2.05, 4.69) is 0 Å². The summed E-state index contributed by atoms with van der Waals surface area (Å²) in [6.45, 7) is 0. The molecule has 0 aromatic carbocycles. The van der Waals surface area contributed by atoms with Crippen LogP contribution in [0.2, 0.25) is 0 Å². The summed E-state index contributed by atoms with van der Waals surface area (Å²) >= 11 is 0. The molecular formula is C15H22O7. The number of aliphatic hydroxyl groups is 1. The van der Waals surface area contributed by atoms with Crippen molar-refractivity contribution in [3.63, 3.8) is 0 Å². The van der Waals surface area contributed by atoms with E-state index in [-0.39, 0.29) is 24.0 Å². The molecule has 4 atom stereocenters. The van der Waals surface area contributed by atoms with Gasteiger partial charge in [0.1, 0.15) is 18.3 Å². The summed E-state index contributed by atoms with van der Waals surface area (Å²) in [5.74, 6) is 0.304. The summed E-state index contributed by atoms with van der Waals surface area (Å²) in [7, 11) is 0. The minimum atomic E-state index is -1.33. The third-order valence-corrected chi connectivity index (χ3v) is 5.14. The van der Waals surface area contributed by atoms with Crippen molar-refractivity contribution >= 4 is 12.3 Å². The van der Waals surface area contributed by atoms with Gasteiger partial charge in [-0.15, -0.1) is 0 Å². The number of carbonyl (C=O) groups excluding carboxylic acids is 1. The highest BCUT2D eigenvalue weighted by Gasteiger charge is 2.52. The number of hydrogen-bond acceptors (Lipinski definition) is 6. The smallest absolute Gasteiger partial charge is 0.450 e. The van der Waals surface area contributed by atoms with E-state index in [1.165, 1.54) is 0 Å². The highest BCUT2D eigenvalue weighted by atomic mass is 16.7. The van der Waals surface area contributed by atoms with Crippen molar-refractivity contribution in [3.05, 3.63) is 0 Å². The topological polar surface area (TPSA) is 102 Å². The molecule has 2 bridgehead atoms. The van der Waals surface area contributed by atoms with E-state index in [9.17, 15) is 14.7 Å². The Hall–Kier alpha value is -1.50. The molecule has 3 aliphatic carbocycles. The van der Waals surface area contributed by atoms with Gasteiger partial charge in [-0.1, -0.05) is 0 Å². The molecular weight excluding hydrogens is 292 g/mol. The van der Waals surface area contributed by atoms with Crippen molar-refractivity contribution in [2.24, 2.45) is 11.8 Å². The number of ether oxygens (including phenoxy) is 3. The molecule has 2 N–H and O–H groups in total. The van der Waals surface area contributed by atoms with Crippen molar-refractivity contribution in [2.45, 2.75) is 69.4 Å². The van der Waals surface area contributed by atoms with Crippen LogP contribution in [0.1, 0.15) is 44.9 Å². The molecule has 0 saturated heterocycles. The lowest BCUT2D eigenvalue weighted by atomic mass is 9.94. The minimum Gasteiger partial charge on any atom is -0.450 e. The number of carboxylic acid groups (broad SMARTS) is 1. The molecule has 3 saturated carbocycles. The second kappa shape index (κ2) is 6.32. The first-order valence-corrected chi connectivity index (χ1v) is 7.98. The van der Waals surface area contributed by atoms with Gasteiger partial charge >= 0.3 is 12.3 Å².